The summed E-state index contributed by atoms with van der Waals surface area (Å²) in [5.41, 5.74) is 7.38. The Morgan fingerprint density at radius 1 is 1.29 bits per heavy atom. The van der Waals surface area contributed by atoms with Gasteiger partial charge in [-0.05, 0) is 24.3 Å². The van der Waals surface area contributed by atoms with Gasteiger partial charge in [-0.3, -0.25) is 4.79 Å². The van der Waals surface area contributed by atoms with Crippen LogP contribution in [0, 0.1) is 5.82 Å². The number of hydrogen-bond acceptors (Lipinski definition) is 4. The fourth-order valence-electron chi connectivity index (χ4n) is 1.99. The lowest BCUT2D eigenvalue weighted by Crippen LogP contribution is -2.25. The number of amides is 1. The molecule has 0 spiro atoms. The second-order valence-electron chi connectivity index (χ2n) is 4.52. The number of fused-ring (bicyclic) bond motifs is 1. The largest absolute Gasteiger partial charge is 0.482 e. The molecule has 3 rings (SSSR count). The fourth-order valence-corrected chi connectivity index (χ4v) is 2.16. The Bertz CT molecular complexity index is 736. The molecule has 0 bridgehead atoms. The fraction of sp³-hybridized carbons (Fsp3) is 0.0714. The maximum absolute atomic E-state index is 13.7. The van der Waals surface area contributed by atoms with E-state index in [1.165, 1.54) is 18.2 Å². The zero-order valence-corrected chi connectivity index (χ0v) is 11.5. The van der Waals surface area contributed by atoms with Crippen LogP contribution < -0.4 is 21.1 Å². The van der Waals surface area contributed by atoms with E-state index < -0.39 is 5.82 Å². The molecule has 1 aliphatic heterocycles. The molecule has 5 nitrogen and oxygen atoms in total. The number of anilines is 4. The third-order valence-corrected chi connectivity index (χ3v) is 3.22. The van der Waals surface area contributed by atoms with E-state index in [1.54, 1.807) is 12.1 Å². The van der Waals surface area contributed by atoms with Gasteiger partial charge in [-0.15, -0.1) is 0 Å². The van der Waals surface area contributed by atoms with E-state index in [-0.39, 0.29) is 18.2 Å². The molecule has 0 aromatic heterocycles. The molecule has 0 aliphatic carbocycles. The van der Waals surface area contributed by atoms with Gasteiger partial charge in [0.15, 0.2) is 6.61 Å². The van der Waals surface area contributed by atoms with Crippen molar-refractivity contribution in [2.75, 3.05) is 23.0 Å². The number of carbonyl (C=O) groups excluding carboxylic acids is 1. The highest BCUT2D eigenvalue weighted by Gasteiger charge is 2.18. The number of nitrogens with one attached hydrogen (secondary N) is 2. The van der Waals surface area contributed by atoms with E-state index in [0.717, 1.165) is 0 Å². The van der Waals surface area contributed by atoms with Crippen LogP contribution in [-0.2, 0) is 4.79 Å². The first-order chi connectivity index (χ1) is 10.0. The highest BCUT2D eigenvalue weighted by molar-refractivity contribution is 6.30. The Hall–Kier alpha value is -2.47. The molecule has 1 heterocycles. The quantitative estimate of drug-likeness (QED) is 0.745. The van der Waals surface area contributed by atoms with Crippen LogP contribution in [-0.4, -0.2) is 12.5 Å². The number of nitrogen functional groups attached to an aromatic ring is 1. The Morgan fingerprint density at radius 2 is 2.10 bits per heavy atom. The predicted octanol–water partition coefficient (Wildman–Crippen LogP) is 3.14. The molecule has 108 valence electrons. The van der Waals surface area contributed by atoms with E-state index >= 15 is 0 Å². The van der Waals surface area contributed by atoms with Gasteiger partial charge in [0.05, 0.1) is 22.7 Å². The van der Waals surface area contributed by atoms with Crippen LogP contribution >= 0.6 is 11.6 Å². The van der Waals surface area contributed by atoms with Crippen molar-refractivity contribution < 1.29 is 13.9 Å². The topological polar surface area (TPSA) is 76.4 Å². The van der Waals surface area contributed by atoms with Crippen molar-refractivity contribution in [2.24, 2.45) is 0 Å². The molecule has 2 aromatic rings. The first kappa shape index (κ1) is 13.5. The van der Waals surface area contributed by atoms with Crippen molar-refractivity contribution in [1.82, 2.24) is 0 Å². The maximum atomic E-state index is 13.7. The van der Waals surface area contributed by atoms with Gasteiger partial charge in [-0.2, -0.15) is 0 Å². The summed E-state index contributed by atoms with van der Waals surface area (Å²) in [7, 11) is 0. The number of carbonyl (C=O) groups is 1. The summed E-state index contributed by atoms with van der Waals surface area (Å²) in [6.45, 7) is -0.0534. The Labute approximate surface area is 124 Å². The van der Waals surface area contributed by atoms with E-state index in [9.17, 15) is 9.18 Å². The smallest absolute Gasteiger partial charge is 0.262 e. The van der Waals surface area contributed by atoms with E-state index in [1.807, 2.05) is 0 Å². The molecule has 4 N–H and O–H groups in total. The van der Waals surface area contributed by atoms with Crippen LogP contribution in [0.1, 0.15) is 0 Å². The van der Waals surface area contributed by atoms with E-state index in [0.29, 0.717) is 27.8 Å². The zero-order chi connectivity index (χ0) is 15.0. The Balaban J connectivity index is 1.97. The molecule has 2 aromatic carbocycles. The van der Waals surface area contributed by atoms with E-state index in [2.05, 4.69) is 10.6 Å². The third kappa shape index (κ3) is 2.71. The monoisotopic (exact) mass is 307 g/mol. The van der Waals surface area contributed by atoms with Crippen LogP contribution in [0.2, 0.25) is 5.02 Å². The van der Waals surface area contributed by atoms with Crippen molar-refractivity contribution in [3.05, 3.63) is 41.2 Å². The average molecular weight is 308 g/mol. The second-order valence-corrected chi connectivity index (χ2v) is 4.96. The van der Waals surface area contributed by atoms with Crippen LogP contribution in [0.15, 0.2) is 30.3 Å². The van der Waals surface area contributed by atoms with Crippen LogP contribution in [0.3, 0.4) is 0 Å². The summed E-state index contributed by atoms with van der Waals surface area (Å²) in [4.78, 5) is 11.3. The van der Waals surface area contributed by atoms with Gasteiger partial charge in [-0.25, -0.2) is 4.39 Å². The summed E-state index contributed by atoms with van der Waals surface area (Å²) >= 11 is 5.84. The molecular formula is C14H11ClFN3O2. The number of halogens is 2. The van der Waals surface area contributed by atoms with Gasteiger partial charge in [0, 0.05) is 11.1 Å². The minimum atomic E-state index is -0.461. The second kappa shape index (κ2) is 5.14. The minimum absolute atomic E-state index is 0.0534. The number of hydrogen-bond donors (Lipinski definition) is 3. The van der Waals surface area contributed by atoms with E-state index in [4.69, 9.17) is 22.1 Å². The van der Waals surface area contributed by atoms with Crippen LogP contribution in [0.25, 0.3) is 0 Å². The van der Waals surface area contributed by atoms with Gasteiger partial charge < -0.3 is 21.1 Å². The van der Waals surface area contributed by atoms with Gasteiger partial charge in [0.1, 0.15) is 11.6 Å². The minimum Gasteiger partial charge on any atom is -0.482 e. The molecule has 0 saturated heterocycles. The van der Waals surface area contributed by atoms with Crippen LogP contribution in [0.4, 0.5) is 27.1 Å². The van der Waals surface area contributed by atoms with Gasteiger partial charge >= 0.3 is 0 Å². The van der Waals surface area contributed by atoms with Crippen molar-refractivity contribution in [1.29, 1.82) is 0 Å². The normalized spacial score (nSPS) is 13.1. The first-order valence-electron chi connectivity index (χ1n) is 6.11. The number of nitrogens with two attached hydrogens (primary N) is 1. The molecule has 0 fully saturated rings. The summed E-state index contributed by atoms with van der Waals surface area (Å²) in [5.74, 6) is -0.242. The predicted molar refractivity (Wildman–Crippen MR) is 79.7 cm³/mol. The standard InChI is InChI=1S/C14H11ClFN3O2/c15-7-1-2-8(16)10(3-7)18-11-5-12-13(4-9(11)17)21-6-14(20)19-12/h1-5,18H,6,17H2,(H,19,20). The molecule has 21 heavy (non-hydrogen) atoms. The molecule has 0 atom stereocenters. The summed E-state index contributed by atoms with van der Waals surface area (Å²) in [6.07, 6.45) is 0. The first-order valence-corrected chi connectivity index (χ1v) is 6.49. The van der Waals surface area contributed by atoms with Crippen molar-refractivity contribution in [3.8, 4) is 5.75 Å². The van der Waals surface area contributed by atoms with Crippen molar-refractivity contribution in [3.63, 3.8) is 0 Å². The van der Waals surface area contributed by atoms with Crippen molar-refractivity contribution >= 4 is 40.3 Å². The molecule has 7 heteroatoms. The third-order valence-electron chi connectivity index (χ3n) is 2.98. The van der Waals surface area contributed by atoms with Crippen molar-refractivity contribution in [2.45, 2.75) is 0 Å². The van der Waals surface area contributed by atoms with Gasteiger partial charge in [0.2, 0.25) is 0 Å². The number of rotatable bonds is 2. The summed E-state index contributed by atoms with van der Waals surface area (Å²) in [6, 6.07) is 7.31. The highest BCUT2D eigenvalue weighted by Crippen LogP contribution is 2.37. The molecular weight excluding hydrogens is 297 g/mol. The maximum Gasteiger partial charge on any atom is 0.262 e. The summed E-state index contributed by atoms with van der Waals surface area (Å²) < 4.78 is 19.0. The lowest BCUT2D eigenvalue weighted by atomic mass is 10.2. The van der Waals surface area contributed by atoms with Gasteiger partial charge in [-0.1, -0.05) is 11.6 Å². The Morgan fingerprint density at radius 3 is 2.90 bits per heavy atom. The lowest BCUT2D eigenvalue weighted by Gasteiger charge is -2.20. The average Bonchev–Trinajstić information content (AvgIpc) is 2.44. The molecule has 0 radical (unpaired) electrons. The van der Waals surface area contributed by atoms with Crippen LogP contribution in [0.5, 0.6) is 5.75 Å². The number of ether oxygens (including phenoxy) is 1. The SMILES string of the molecule is Nc1cc2c(cc1Nc1cc(Cl)ccc1F)NC(=O)CO2. The lowest BCUT2D eigenvalue weighted by molar-refractivity contribution is -0.118. The highest BCUT2D eigenvalue weighted by atomic mass is 35.5. The zero-order valence-electron chi connectivity index (χ0n) is 10.7. The molecule has 0 unspecified atom stereocenters. The molecule has 0 saturated carbocycles. The molecule has 1 aliphatic rings. The number of benzene rings is 2. The van der Waals surface area contributed by atoms with Gasteiger partial charge in [0.25, 0.3) is 5.91 Å². The summed E-state index contributed by atoms with van der Waals surface area (Å²) in [5, 5.41) is 5.91. The Kier molecular flexibility index (Phi) is 3.31. The molecule has 1 amide bonds.